The average molecular weight is 360 g/mol. The van der Waals surface area contributed by atoms with Crippen LogP contribution in [0.15, 0.2) is 40.8 Å². The zero-order valence-electron chi connectivity index (χ0n) is 14.7. The average Bonchev–Trinajstić information content (AvgIpc) is 3.16. The molecule has 0 atom stereocenters. The summed E-state index contributed by atoms with van der Waals surface area (Å²) in [6.45, 7) is 4.44. The topological polar surface area (TPSA) is 45.9 Å². The van der Waals surface area contributed by atoms with Gasteiger partial charge in [-0.3, -0.25) is 9.69 Å². The van der Waals surface area contributed by atoms with Crippen molar-refractivity contribution in [3.05, 3.63) is 42.2 Å². The van der Waals surface area contributed by atoms with Gasteiger partial charge in [-0.1, -0.05) is 12.1 Å². The number of piperazine rings is 1. The molecule has 1 amide bonds. The van der Waals surface area contributed by atoms with Crippen LogP contribution in [0.3, 0.4) is 0 Å². The summed E-state index contributed by atoms with van der Waals surface area (Å²) in [6.07, 6.45) is 2.12. The summed E-state index contributed by atoms with van der Waals surface area (Å²) < 4.78 is 11.1. The van der Waals surface area contributed by atoms with E-state index in [2.05, 4.69) is 11.2 Å². The number of amides is 1. The Labute approximate surface area is 152 Å². The van der Waals surface area contributed by atoms with E-state index in [-0.39, 0.29) is 5.91 Å². The lowest BCUT2D eigenvalue weighted by Crippen LogP contribution is -2.49. The highest BCUT2D eigenvalue weighted by Crippen LogP contribution is 2.26. The fourth-order valence-corrected chi connectivity index (χ4v) is 3.38. The highest BCUT2D eigenvalue weighted by Gasteiger charge is 2.24. The highest BCUT2D eigenvalue weighted by atomic mass is 32.2. The first-order valence-electron chi connectivity index (χ1n) is 8.46. The molecule has 1 aliphatic heterocycles. The van der Waals surface area contributed by atoms with Crippen molar-refractivity contribution in [1.82, 2.24) is 9.80 Å². The Balaban J connectivity index is 1.63. The zero-order valence-corrected chi connectivity index (χ0v) is 15.6. The minimum absolute atomic E-state index is 0.0290. The predicted octanol–water partition coefficient (Wildman–Crippen LogP) is 3.08. The van der Waals surface area contributed by atoms with Crippen molar-refractivity contribution in [3.63, 3.8) is 0 Å². The maximum atomic E-state index is 12.7. The molecular weight excluding hydrogens is 336 g/mol. The molecule has 1 aromatic heterocycles. The number of hydrogen-bond donors (Lipinski definition) is 0. The molecule has 0 N–H and O–H groups in total. The Bertz CT molecular complexity index is 708. The first-order chi connectivity index (χ1) is 12.2. The van der Waals surface area contributed by atoms with Gasteiger partial charge in [-0.15, -0.1) is 0 Å². The molecule has 1 fully saturated rings. The van der Waals surface area contributed by atoms with E-state index in [1.54, 1.807) is 13.2 Å². The van der Waals surface area contributed by atoms with Gasteiger partial charge in [0.2, 0.25) is 0 Å². The zero-order chi connectivity index (χ0) is 17.6. The molecule has 0 saturated carbocycles. The molecule has 0 spiro atoms. The SMILES string of the molecule is COc1cccc(-c2ccc(C(=O)N3CCN(CCSC)CC3)o2)c1. The second-order valence-electron chi connectivity index (χ2n) is 6.02. The summed E-state index contributed by atoms with van der Waals surface area (Å²) in [5.41, 5.74) is 0.903. The lowest BCUT2D eigenvalue weighted by atomic mass is 10.1. The van der Waals surface area contributed by atoms with Gasteiger partial charge in [-0.25, -0.2) is 0 Å². The fraction of sp³-hybridized carbons (Fsp3) is 0.421. The third kappa shape index (κ3) is 4.38. The fourth-order valence-electron chi connectivity index (χ4n) is 2.94. The van der Waals surface area contributed by atoms with Crippen LogP contribution in [0, 0.1) is 0 Å². The summed E-state index contributed by atoms with van der Waals surface area (Å²) in [7, 11) is 1.63. The number of methoxy groups -OCH3 is 1. The van der Waals surface area contributed by atoms with Crippen LogP contribution >= 0.6 is 11.8 Å². The van der Waals surface area contributed by atoms with E-state index in [0.717, 1.165) is 49.8 Å². The van der Waals surface area contributed by atoms with Crippen molar-refractivity contribution >= 4 is 17.7 Å². The van der Waals surface area contributed by atoms with Crippen LogP contribution in [0.1, 0.15) is 10.6 Å². The lowest BCUT2D eigenvalue weighted by molar-refractivity contribution is 0.0614. The third-order valence-electron chi connectivity index (χ3n) is 4.44. The maximum Gasteiger partial charge on any atom is 0.289 e. The normalized spacial score (nSPS) is 15.4. The molecule has 0 radical (unpaired) electrons. The number of hydrogen-bond acceptors (Lipinski definition) is 5. The van der Waals surface area contributed by atoms with Crippen LogP contribution in [0.4, 0.5) is 0 Å². The molecule has 5 nitrogen and oxygen atoms in total. The predicted molar refractivity (Wildman–Crippen MR) is 101 cm³/mol. The number of carbonyl (C=O) groups excluding carboxylic acids is 1. The Morgan fingerprint density at radius 1 is 1.20 bits per heavy atom. The van der Waals surface area contributed by atoms with E-state index in [0.29, 0.717) is 11.5 Å². The van der Waals surface area contributed by atoms with Crippen molar-refractivity contribution in [2.24, 2.45) is 0 Å². The molecule has 0 aliphatic carbocycles. The molecule has 134 valence electrons. The number of rotatable bonds is 6. The number of thioether (sulfide) groups is 1. The molecule has 3 rings (SSSR count). The summed E-state index contributed by atoms with van der Waals surface area (Å²) in [4.78, 5) is 17.0. The number of benzene rings is 1. The Morgan fingerprint density at radius 2 is 2.00 bits per heavy atom. The molecule has 0 bridgehead atoms. The van der Waals surface area contributed by atoms with Gasteiger partial charge in [0, 0.05) is 44.0 Å². The first-order valence-corrected chi connectivity index (χ1v) is 9.85. The Kier molecular flexibility index (Phi) is 6.04. The van der Waals surface area contributed by atoms with Gasteiger partial charge in [-0.2, -0.15) is 11.8 Å². The number of carbonyl (C=O) groups is 1. The standard InChI is InChI=1S/C19H24N2O3S/c1-23-16-5-3-4-15(14-16)17-6-7-18(24-17)19(22)21-10-8-20(9-11-21)12-13-25-2/h3-7,14H,8-13H2,1-2H3. The van der Waals surface area contributed by atoms with E-state index in [4.69, 9.17) is 9.15 Å². The smallest absolute Gasteiger partial charge is 0.289 e. The molecule has 1 aliphatic rings. The molecule has 2 aromatic rings. The van der Waals surface area contributed by atoms with Crippen molar-refractivity contribution in [3.8, 4) is 17.1 Å². The van der Waals surface area contributed by atoms with Crippen LogP contribution in [0.5, 0.6) is 5.75 Å². The van der Waals surface area contributed by atoms with Crippen molar-refractivity contribution in [2.45, 2.75) is 0 Å². The summed E-state index contributed by atoms with van der Waals surface area (Å²) in [5.74, 6) is 2.95. The second-order valence-corrected chi connectivity index (χ2v) is 7.01. The minimum atomic E-state index is -0.0290. The van der Waals surface area contributed by atoms with E-state index >= 15 is 0 Å². The largest absolute Gasteiger partial charge is 0.497 e. The molecule has 1 saturated heterocycles. The maximum absolute atomic E-state index is 12.7. The molecule has 6 heteroatoms. The van der Waals surface area contributed by atoms with Crippen molar-refractivity contribution in [1.29, 1.82) is 0 Å². The molecular formula is C19H24N2O3S. The van der Waals surface area contributed by atoms with Crippen LogP contribution in [-0.2, 0) is 0 Å². The third-order valence-corrected chi connectivity index (χ3v) is 5.03. The quantitative estimate of drug-likeness (QED) is 0.792. The second kappa shape index (κ2) is 8.45. The van der Waals surface area contributed by atoms with Crippen LogP contribution < -0.4 is 4.74 Å². The monoisotopic (exact) mass is 360 g/mol. The Hall–Kier alpha value is -1.92. The highest BCUT2D eigenvalue weighted by molar-refractivity contribution is 7.98. The van der Waals surface area contributed by atoms with Gasteiger partial charge in [0.1, 0.15) is 11.5 Å². The van der Waals surface area contributed by atoms with E-state index in [1.165, 1.54) is 0 Å². The number of furan rings is 1. The molecule has 2 heterocycles. The number of ether oxygens (including phenoxy) is 1. The number of nitrogens with zero attached hydrogens (tertiary/aromatic N) is 2. The van der Waals surface area contributed by atoms with Crippen LogP contribution in [-0.4, -0.2) is 67.5 Å². The summed E-state index contributed by atoms with van der Waals surface area (Å²) in [6, 6.07) is 11.2. The van der Waals surface area contributed by atoms with Gasteiger partial charge in [0.15, 0.2) is 5.76 Å². The van der Waals surface area contributed by atoms with Gasteiger partial charge in [-0.05, 0) is 30.5 Å². The molecule has 1 aromatic carbocycles. The summed E-state index contributed by atoms with van der Waals surface area (Å²) >= 11 is 1.86. The first kappa shape index (κ1) is 17.9. The van der Waals surface area contributed by atoms with E-state index < -0.39 is 0 Å². The molecule has 0 unspecified atom stereocenters. The van der Waals surface area contributed by atoms with Gasteiger partial charge in [0.25, 0.3) is 5.91 Å². The van der Waals surface area contributed by atoms with Gasteiger partial charge < -0.3 is 14.1 Å². The van der Waals surface area contributed by atoms with E-state index in [9.17, 15) is 4.79 Å². The van der Waals surface area contributed by atoms with E-state index in [1.807, 2.05) is 47.0 Å². The van der Waals surface area contributed by atoms with Gasteiger partial charge in [0.05, 0.1) is 7.11 Å². The van der Waals surface area contributed by atoms with Crippen molar-refractivity contribution in [2.75, 3.05) is 51.8 Å². The lowest BCUT2D eigenvalue weighted by Gasteiger charge is -2.34. The van der Waals surface area contributed by atoms with Crippen LogP contribution in [0.2, 0.25) is 0 Å². The van der Waals surface area contributed by atoms with Crippen LogP contribution in [0.25, 0.3) is 11.3 Å². The molecule has 25 heavy (non-hydrogen) atoms. The summed E-state index contributed by atoms with van der Waals surface area (Å²) in [5, 5.41) is 0. The minimum Gasteiger partial charge on any atom is -0.497 e. The Morgan fingerprint density at radius 3 is 2.72 bits per heavy atom. The van der Waals surface area contributed by atoms with Gasteiger partial charge >= 0.3 is 0 Å². The van der Waals surface area contributed by atoms with Crippen molar-refractivity contribution < 1.29 is 13.9 Å².